The lowest BCUT2D eigenvalue weighted by Gasteiger charge is -2.60. The molecule has 2 aromatic rings. The van der Waals surface area contributed by atoms with E-state index in [-0.39, 0.29) is 29.8 Å². The molecule has 4 aliphatic rings. The first-order chi connectivity index (χ1) is 19.9. The minimum absolute atomic E-state index is 0.133. The minimum atomic E-state index is -1.11. The largest absolute Gasteiger partial charge is 0.480 e. The summed E-state index contributed by atoms with van der Waals surface area (Å²) in [5.41, 5.74) is 2.65. The lowest BCUT2D eigenvalue weighted by Crippen LogP contribution is -2.59. The van der Waals surface area contributed by atoms with E-state index in [1.54, 1.807) is 6.20 Å². The average molecular weight is 578 g/mol. The number of rotatable bonds is 7. The Morgan fingerprint density at radius 1 is 1.17 bits per heavy atom. The van der Waals surface area contributed by atoms with Gasteiger partial charge in [-0.25, -0.2) is 4.79 Å². The molecule has 1 aromatic carbocycles. The van der Waals surface area contributed by atoms with Crippen LogP contribution in [-0.2, 0) is 20.8 Å². The van der Waals surface area contributed by atoms with Crippen LogP contribution in [0.2, 0.25) is 0 Å². The molecule has 42 heavy (non-hydrogen) atoms. The average Bonchev–Trinajstić information content (AvgIpc) is 3.45. The third kappa shape index (κ3) is 4.74. The molecule has 9 nitrogen and oxygen atoms in total. The number of carboxylic acid groups (broad SMARTS) is 1. The second kappa shape index (κ2) is 10.5. The van der Waals surface area contributed by atoms with Gasteiger partial charge in [0.1, 0.15) is 6.04 Å². The van der Waals surface area contributed by atoms with Gasteiger partial charge in [0.05, 0.1) is 17.4 Å². The van der Waals surface area contributed by atoms with Crippen LogP contribution >= 0.6 is 0 Å². The van der Waals surface area contributed by atoms with E-state index in [9.17, 15) is 24.9 Å². The number of carbonyl (C=O) groups is 2. The number of hydrogen-bond acceptors (Lipinski definition) is 6. The molecule has 0 aliphatic heterocycles. The molecule has 0 spiro atoms. The van der Waals surface area contributed by atoms with Gasteiger partial charge in [0.2, 0.25) is 0 Å². The van der Waals surface area contributed by atoms with E-state index in [1.807, 2.05) is 31.2 Å². The van der Waals surface area contributed by atoms with Gasteiger partial charge in [0, 0.05) is 28.9 Å². The summed E-state index contributed by atoms with van der Waals surface area (Å²) in [7, 11) is 0. The number of carboxylic acids is 1. The number of fused-ring (bicyclic) bond motifs is 6. The molecule has 5 N–H and O–H groups in total. The fraction of sp³-hybridized carbons (Fsp3) is 0.606. The molecule has 0 unspecified atom stereocenters. The summed E-state index contributed by atoms with van der Waals surface area (Å²) < 4.78 is 0. The molecular formula is C33H43N3O6. The van der Waals surface area contributed by atoms with Gasteiger partial charge in [-0.05, 0) is 92.7 Å². The number of benzene rings is 1. The number of H-pyrrole nitrogens is 1. The topological polar surface area (TPSA) is 144 Å². The third-order valence-corrected chi connectivity index (χ3v) is 11.6. The summed E-state index contributed by atoms with van der Waals surface area (Å²) >= 11 is 0. The summed E-state index contributed by atoms with van der Waals surface area (Å²) in [6.07, 6.45) is 9.42. The molecule has 1 heterocycles. The molecular weight excluding hydrogens is 534 g/mol. The van der Waals surface area contributed by atoms with Crippen molar-refractivity contribution in [2.75, 3.05) is 6.61 Å². The second-order valence-corrected chi connectivity index (χ2v) is 13.8. The Hall–Kier alpha value is -3.17. The second-order valence-electron chi connectivity index (χ2n) is 13.8. The van der Waals surface area contributed by atoms with Crippen molar-refractivity contribution in [2.24, 2.45) is 33.7 Å². The maximum absolute atomic E-state index is 12.6. The van der Waals surface area contributed by atoms with Crippen molar-refractivity contribution >= 4 is 28.5 Å². The highest BCUT2D eigenvalue weighted by Gasteiger charge is 2.64. The van der Waals surface area contributed by atoms with E-state index in [2.05, 4.69) is 35.4 Å². The van der Waals surface area contributed by atoms with Gasteiger partial charge >= 0.3 is 5.97 Å². The SMILES string of the molecule is C[C@]12CC/C(=N/OCC(=O)N[C@H](Cc3c[nH]c4ccccc34)C(=O)O)C=C1CC[C@@H]1[C@H]2[C@@H](O)C[C@@]2(C)[C@@H]1CC[C@]2(C)O. The van der Waals surface area contributed by atoms with Crippen molar-refractivity contribution in [1.82, 2.24) is 10.3 Å². The van der Waals surface area contributed by atoms with Crippen LogP contribution in [0.15, 0.2) is 47.3 Å². The normalized spacial score (nSPS) is 37.4. The van der Waals surface area contributed by atoms with E-state index >= 15 is 0 Å². The van der Waals surface area contributed by atoms with Crippen molar-refractivity contribution in [2.45, 2.75) is 89.9 Å². The number of carbonyl (C=O) groups excluding carboxylic acids is 1. The number of aliphatic hydroxyl groups is 2. The van der Waals surface area contributed by atoms with Gasteiger partial charge in [-0.2, -0.15) is 0 Å². The summed E-state index contributed by atoms with van der Waals surface area (Å²) in [4.78, 5) is 33.0. The maximum atomic E-state index is 12.6. The number of amides is 1. The molecule has 226 valence electrons. The monoisotopic (exact) mass is 577 g/mol. The fourth-order valence-electron chi connectivity index (χ4n) is 9.12. The van der Waals surface area contributed by atoms with E-state index in [1.165, 1.54) is 5.57 Å². The Balaban J connectivity index is 1.09. The Kier molecular flexibility index (Phi) is 7.25. The van der Waals surface area contributed by atoms with Gasteiger partial charge in [0.25, 0.3) is 5.91 Å². The molecule has 3 fully saturated rings. The smallest absolute Gasteiger partial charge is 0.326 e. The lowest BCUT2D eigenvalue weighted by atomic mass is 9.45. The van der Waals surface area contributed by atoms with Crippen LogP contribution in [0.5, 0.6) is 0 Å². The van der Waals surface area contributed by atoms with Gasteiger partial charge < -0.3 is 30.5 Å². The van der Waals surface area contributed by atoms with E-state index in [4.69, 9.17) is 4.84 Å². The highest BCUT2D eigenvalue weighted by Crippen LogP contribution is 2.67. The zero-order chi connectivity index (χ0) is 29.9. The predicted octanol–water partition coefficient (Wildman–Crippen LogP) is 4.34. The zero-order valence-corrected chi connectivity index (χ0v) is 24.7. The summed E-state index contributed by atoms with van der Waals surface area (Å²) in [6.45, 7) is 6.04. The van der Waals surface area contributed by atoms with Gasteiger partial charge in [-0.15, -0.1) is 0 Å². The number of aliphatic carboxylic acids is 1. The minimum Gasteiger partial charge on any atom is -0.480 e. The quantitative estimate of drug-likeness (QED) is 0.310. The molecule has 1 aromatic heterocycles. The van der Waals surface area contributed by atoms with Crippen LogP contribution < -0.4 is 5.32 Å². The van der Waals surface area contributed by atoms with Crippen molar-refractivity contribution < 1.29 is 29.7 Å². The molecule has 0 bridgehead atoms. The van der Waals surface area contributed by atoms with Crippen molar-refractivity contribution in [3.63, 3.8) is 0 Å². The van der Waals surface area contributed by atoms with Crippen molar-refractivity contribution in [3.8, 4) is 0 Å². The number of allylic oxidation sites excluding steroid dienone is 2. The number of nitrogens with one attached hydrogen (secondary N) is 2. The summed E-state index contributed by atoms with van der Waals surface area (Å²) in [5.74, 6) is -0.691. The number of aromatic amines is 1. The molecule has 1 amide bonds. The van der Waals surface area contributed by atoms with Gasteiger partial charge in [-0.1, -0.05) is 42.8 Å². The standard InChI is InChI=1S/C33H43N3O6/c1-31-12-10-21(15-20(31)8-9-23-24-11-13-33(3,41)32(24,2)16-27(37)29(23)31)36-42-18-28(38)35-26(30(39)40)14-19-17-34-25-7-5-4-6-22(19)25/h4-7,15,17,23-24,26-27,29,34,37,41H,8-14,16,18H2,1-3H3,(H,35,38)(H,39,40)/b36-21-/t23-,24+,26+,27-,29-,31-,32-,33-/m0/s1. The lowest BCUT2D eigenvalue weighted by molar-refractivity contribution is -0.164. The molecule has 0 saturated heterocycles. The summed E-state index contributed by atoms with van der Waals surface area (Å²) in [6, 6.07) is 6.55. The maximum Gasteiger partial charge on any atom is 0.326 e. The van der Waals surface area contributed by atoms with Crippen LogP contribution in [0.1, 0.15) is 71.3 Å². The van der Waals surface area contributed by atoms with Crippen LogP contribution in [-0.4, -0.2) is 62.2 Å². The predicted molar refractivity (Wildman–Crippen MR) is 159 cm³/mol. The Bertz CT molecular complexity index is 1440. The first-order valence-corrected chi connectivity index (χ1v) is 15.3. The van der Waals surface area contributed by atoms with Crippen molar-refractivity contribution in [3.05, 3.63) is 47.7 Å². The van der Waals surface area contributed by atoms with Crippen LogP contribution in [0.4, 0.5) is 0 Å². The Labute approximate surface area is 246 Å². The number of nitrogens with zero attached hydrogens (tertiary/aromatic N) is 1. The number of aliphatic hydroxyl groups excluding tert-OH is 1. The first kappa shape index (κ1) is 28.9. The first-order valence-electron chi connectivity index (χ1n) is 15.3. The number of aromatic nitrogens is 1. The number of para-hydroxylation sites is 1. The molecule has 3 saturated carbocycles. The molecule has 8 atom stereocenters. The third-order valence-electron chi connectivity index (χ3n) is 11.6. The van der Waals surface area contributed by atoms with E-state index in [0.29, 0.717) is 24.7 Å². The fourth-order valence-corrected chi connectivity index (χ4v) is 9.12. The molecule has 9 heteroatoms. The Morgan fingerprint density at radius 3 is 2.74 bits per heavy atom. The van der Waals surface area contributed by atoms with Crippen LogP contribution in [0.25, 0.3) is 10.9 Å². The van der Waals surface area contributed by atoms with Crippen LogP contribution in [0, 0.1) is 28.6 Å². The van der Waals surface area contributed by atoms with Crippen LogP contribution in [0.3, 0.4) is 0 Å². The summed E-state index contributed by atoms with van der Waals surface area (Å²) in [5, 5.41) is 40.1. The zero-order valence-electron chi connectivity index (χ0n) is 24.7. The molecule has 4 aliphatic carbocycles. The van der Waals surface area contributed by atoms with E-state index < -0.39 is 29.6 Å². The highest BCUT2D eigenvalue weighted by atomic mass is 16.6. The number of hydrogen-bond donors (Lipinski definition) is 5. The number of oxime groups is 1. The Morgan fingerprint density at radius 2 is 1.95 bits per heavy atom. The van der Waals surface area contributed by atoms with Gasteiger partial charge in [0.15, 0.2) is 6.61 Å². The van der Waals surface area contributed by atoms with Gasteiger partial charge in [-0.3, -0.25) is 4.79 Å². The molecule has 0 radical (unpaired) electrons. The van der Waals surface area contributed by atoms with Crippen molar-refractivity contribution in [1.29, 1.82) is 0 Å². The molecule has 6 rings (SSSR count). The van der Waals surface area contributed by atoms with E-state index in [0.717, 1.165) is 54.3 Å². The highest BCUT2D eigenvalue weighted by molar-refractivity contribution is 5.96.